The van der Waals surface area contributed by atoms with Gasteiger partial charge < -0.3 is 24.8 Å². The molecule has 3 aromatic carbocycles. The monoisotopic (exact) mass is 420 g/mol. The molecule has 0 fully saturated rings. The number of methoxy groups -OCH3 is 3. The molecule has 0 atom stereocenters. The van der Waals surface area contributed by atoms with Crippen LogP contribution in [0.2, 0.25) is 0 Å². The maximum absolute atomic E-state index is 12.8. The normalized spacial score (nSPS) is 10.3. The first-order valence-electron chi connectivity index (χ1n) is 9.57. The fraction of sp³-hybridized carbons (Fsp3) is 0.167. The summed E-state index contributed by atoms with van der Waals surface area (Å²) in [5.74, 6) is 0.172. The zero-order valence-electron chi connectivity index (χ0n) is 17.6. The van der Waals surface area contributed by atoms with Gasteiger partial charge in [-0.25, -0.2) is 0 Å². The topological polar surface area (TPSA) is 85.9 Å². The van der Waals surface area contributed by atoms with Crippen LogP contribution in [0.25, 0.3) is 0 Å². The van der Waals surface area contributed by atoms with Crippen LogP contribution < -0.4 is 20.1 Å². The van der Waals surface area contributed by atoms with E-state index in [1.54, 1.807) is 61.7 Å². The summed E-state index contributed by atoms with van der Waals surface area (Å²) in [7, 11) is 4.57. The first-order chi connectivity index (χ1) is 15.0. The number of ether oxygens (including phenoxy) is 3. The van der Waals surface area contributed by atoms with E-state index in [4.69, 9.17) is 14.2 Å². The molecule has 0 unspecified atom stereocenters. The van der Waals surface area contributed by atoms with Crippen LogP contribution >= 0.6 is 0 Å². The Morgan fingerprint density at radius 2 is 1.26 bits per heavy atom. The number of rotatable bonds is 8. The molecule has 0 aliphatic heterocycles. The molecule has 2 amide bonds. The van der Waals surface area contributed by atoms with Gasteiger partial charge in [0.05, 0.1) is 32.2 Å². The fourth-order valence-corrected chi connectivity index (χ4v) is 3.04. The first kappa shape index (κ1) is 21.9. The van der Waals surface area contributed by atoms with E-state index < -0.39 is 0 Å². The molecule has 0 saturated carbocycles. The van der Waals surface area contributed by atoms with Gasteiger partial charge in [0.1, 0.15) is 11.5 Å². The van der Waals surface area contributed by atoms with Crippen molar-refractivity contribution >= 4 is 23.2 Å². The maximum Gasteiger partial charge on any atom is 0.255 e. The van der Waals surface area contributed by atoms with Crippen molar-refractivity contribution < 1.29 is 23.8 Å². The lowest BCUT2D eigenvalue weighted by Gasteiger charge is -2.16. The van der Waals surface area contributed by atoms with E-state index >= 15 is 0 Å². The van der Waals surface area contributed by atoms with Crippen molar-refractivity contribution in [2.45, 2.75) is 6.61 Å². The molecule has 0 bridgehead atoms. The molecule has 0 aromatic heterocycles. The largest absolute Gasteiger partial charge is 0.494 e. The highest BCUT2D eigenvalue weighted by atomic mass is 16.5. The van der Waals surface area contributed by atoms with Crippen LogP contribution in [0.1, 0.15) is 26.3 Å². The molecule has 31 heavy (non-hydrogen) atoms. The molecule has 2 N–H and O–H groups in total. The molecular weight excluding hydrogens is 396 g/mol. The van der Waals surface area contributed by atoms with Crippen LogP contribution in [0.15, 0.2) is 66.7 Å². The highest BCUT2D eigenvalue weighted by Gasteiger charge is 2.17. The predicted octanol–water partition coefficient (Wildman–Crippen LogP) is 4.35. The summed E-state index contributed by atoms with van der Waals surface area (Å²) in [4.78, 5) is 25.3. The molecule has 0 spiro atoms. The van der Waals surface area contributed by atoms with E-state index in [0.29, 0.717) is 40.6 Å². The summed E-state index contributed by atoms with van der Waals surface area (Å²) >= 11 is 0. The minimum atomic E-state index is -0.306. The second-order valence-electron chi connectivity index (χ2n) is 6.66. The van der Waals surface area contributed by atoms with E-state index in [2.05, 4.69) is 10.6 Å². The molecule has 7 heteroatoms. The third-order valence-corrected chi connectivity index (χ3v) is 4.55. The van der Waals surface area contributed by atoms with Crippen LogP contribution in [-0.4, -0.2) is 33.1 Å². The predicted molar refractivity (Wildman–Crippen MR) is 119 cm³/mol. The summed E-state index contributed by atoms with van der Waals surface area (Å²) in [6.45, 7) is 0.411. The van der Waals surface area contributed by atoms with Crippen LogP contribution in [0.5, 0.6) is 11.5 Å². The minimum absolute atomic E-state index is 0.285. The van der Waals surface area contributed by atoms with E-state index in [0.717, 1.165) is 5.56 Å². The summed E-state index contributed by atoms with van der Waals surface area (Å²) in [6, 6.07) is 19.2. The zero-order chi connectivity index (χ0) is 22.2. The summed E-state index contributed by atoms with van der Waals surface area (Å²) in [6.07, 6.45) is 0. The summed E-state index contributed by atoms with van der Waals surface area (Å²) in [5, 5.41) is 5.65. The number of hydrogen-bond donors (Lipinski definition) is 2. The minimum Gasteiger partial charge on any atom is -0.494 e. The second kappa shape index (κ2) is 10.3. The molecule has 0 aliphatic rings. The van der Waals surface area contributed by atoms with Crippen molar-refractivity contribution in [2.75, 3.05) is 32.0 Å². The van der Waals surface area contributed by atoms with Gasteiger partial charge in [0.2, 0.25) is 0 Å². The van der Waals surface area contributed by atoms with Crippen molar-refractivity contribution in [2.24, 2.45) is 0 Å². The Morgan fingerprint density at radius 1 is 0.710 bits per heavy atom. The van der Waals surface area contributed by atoms with Gasteiger partial charge in [-0.2, -0.15) is 0 Å². The highest BCUT2D eigenvalue weighted by Crippen LogP contribution is 2.37. The van der Waals surface area contributed by atoms with Crippen molar-refractivity contribution in [3.8, 4) is 11.5 Å². The van der Waals surface area contributed by atoms with Crippen molar-refractivity contribution in [3.63, 3.8) is 0 Å². The van der Waals surface area contributed by atoms with Gasteiger partial charge in [-0.3, -0.25) is 9.59 Å². The van der Waals surface area contributed by atoms with Gasteiger partial charge >= 0.3 is 0 Å². The quantitative estimate of drug-likeness (QED) is 0.566. The first-order valence-corrected chi connectivity index (χ1v) is 9.57. The Balaban J connectivity index is 1.85. The number of carbonyl (C=O) groups is 2. The zero-order valence-corrected chi connectivity index (χ0v) is 17.6. The fourth-order valence-electron chi connectivity index (χ4n) is 3.04. The summed E-state index contributed by atoms with van der Waals surface area (Å²) < 4.78 is 16.0. The lowest BCUT2D eigenvalue weighted by molar-refractivity contribution is 0.101. The Labute approximate surface area is 180 Å². The lowest BCUT2D eigenvalue weighted by Crippen LogP contribution is -2.15. The van der Waals surface area contributed by atoms with Gasteiger partial charge in [0, 0.05) is 30.4 Å². The highest BCUT2D eigenvalue weighted by molar-refractivity contribution is 6.07. The lowest BCUT2D eigenvalue weighted by atomic mass is 10.1. The molecule has 3 aromatic rings. The van der Waals surface area contributed by atoms with Crippen LogP contribution in [0.3, 0.4) is 0 Å². The average Bonchev–Trinajstić information content (AvgIpc) is 2.80. The van der Waals surface area contributed by atoms with E-state index in [1.807, 2.05) is 12.1 Å². The molecule has 0 saturated heterocycles. The van der Waals surface area contributed by atoms with Crippen molar-refractivity contribution in [1.82, 2.24) is 0 Å². The van der Waals surface area contributed by atoms with E-state index in [1.165, 1.54) is 14.2 Å². The number of nitrogens with one attached hydrogen (secondary N) is 2. The Hall–Kier alpha value is -3.84. The number of carbonyl (C=O) groups excluding carboxylic acids is 2. The number of hydrogen-bond acceptors (Lipinski definition) is 5. The van der Waals surface area contributed by atoms with Gasteiger partial charge in [0.15, 0.2) is 0 Å². The molecule has 0 radical (unpaired) electrons. The molecule has 0 aliphatic carbocycles. The maximum atomic E-state index is 12.8. The molecule has 3 rings (SSSR count). The van der Waals surface area contributed by atoms with Crippen LogP contribution in [0.4, 0.5) is 11.4 Å². The van der Waals surface area contributed by atoms with Gasteiger partial charge in [0.25, 0.3) is 11.8 Å². The van der Waals surface area contributed by atoms with Gasteiger partial charge in [-0.15, -0.1) is 0 Å². The third kappa shape index (κ3) is 5.40. The standard InChI is InChI=1S/C24H24N2O5/c1-29-15-16-8-7-11-18(12-16)24(28)26-20-14-21(30-2)19(13-22(20)31-3)25-23(27)17-9-5-4-6-10-17/h4-14H,15H2,1-3H3,(H,25,27)(H,26,28). The molecular formula is C24H24N2O5. The van der Waals surface area contributed by atoms with Crippen LogP contribution in [0, 0.1) is 0 Å². The smallest absolute Gasteiger partial charge is 0.255 e. The second-order valence-corrected chi connectivity index (χ2v) is 6.66. The van der Waals surface area contributed by atoms with Crippen molar-refractivity contribution in [1.29, 1.82) is 0 Å². The number of benzene rings is 3. The Kier molecular flexibility index (Phi) is 7.24. The Bertz CT molecular complexity index is 1070. The SMILES string of the molecule is COCc1cccc(C(=O)Nc2cc(OC)c(NC(=O)c3ccccc3)cc2OC)c1. The van der Waals surface area contributed by atoms with E-state index in [-0.39, 0.29) is 11.8 Å². The summed E-state index contributed by atoms with van der Waals surface area (Å²) in [5.41, 5.74) is 2.72. The number of amides is 2. The number of anilines is 2. The van der Waals surface area contributed by atoms with Crippen molar-refractivity contribution in [3.05, 3.63) is 83.4 Å². The molecule has 0 heterocycles. The van der Waals surface area contributed by atoms with Gasteiger partial charge in [-0.1, -0.05) is 30.3 Å². The molecule has 7 nitrogen and oxygen atoms in total. The average molecular weight is 420 g/mol. The Morgan fingerprint density at radius 3 is 1.81 bits per heavy atom. The molecule has 160 valence electrons. The van der Waals surface area contributed by atoms with Crippen LogP contribution in [-0.2, 0) is 11.3 Å². The van der Waals surface area contributed by atoms with E-state index in [9.17, 15) is 9.59 Å². The van der Waals surface area contributed by atoms with Gasteiger partial charge in [-0.05, 0) is 29.8 Å². The third-order valence-electron chi connectivity index (χ3n) is 4.55.